The Labute approximate surface area is 98.5 Å². The van der Waals surface area contributed by atoms with Crippen molar-refractivity contribution in [1.29, 1.82) is 0 Å². The van der Waals surface area contributed by atoms with Crippen molar-refractivity contribution >= 4 is 17.2 Å². The van der Waals surface area contributed by atoms with Gasteiger partial charge in [0.05, 0.1) is 0 Å². The molecular weight excluding hydrogens is 220 g/mol. The van der Waals surface area contributed by atoms with Gasteiger partial charge in [0.1, 0.15) is 0 Å². The molecule has 17 heavy (non-hydrogen) atoms. The van der Waals surface area contributed by atoms with Crippen LogP contribution in [-0.2, 0) is 11.2 Å². The lowest BCUT2D eigenvalue weighted by atomic mass is 10.0. The Hall–Kier alpha value is -1.91. The Morgan fingerprint density at radius 1 is 1.47 bits per heavy atom. The third-order valence-corrected chi connectivity index (χ3v) is 2.48. The molecule has 0 spiro atoms. The van der Waals surface area contributed by atoms with E-state index in [-0.39, 0.29) is 12.3 Å². The van der Waals surface area contributed by atoms with Gasteiger partial charge in [-0.1, -0.05) is 6.92 Å². The molecule has 0 radical (unpaired) electrons. The molecule has 2 rings (SSSR count). The van der Waals surface area contributed by atoms with Crippen molar-refractivity contribution in [2.75, 3.05) is 0 Å². The number of hydrogen-bond donors (Lipinski definition) is 1. The number of pyridine rings is 1. The lowest BCUT2D eigenvalue weighted by Gasteiger charge is -2.03. The number of carboxylic acid groups (broad SMARTS) is 1. The number of carboxylic acids is 1. The molecule has 1 N–H and O–H groups in total. The van der Waals surface area contributed by atoms with E-state index in [0.29, 0.717) is 23.5 Å². The first-order valence-corrected chi connectivity index (χ1v) is 5.49. The van der Waals surface area contributed by atoms with E-state index in [1.807, 2.05) is 26.0 Å². The van der Waals surface area contributed by atoms with Crippen LogP contribution in [0.4, 0.5) is 0 Å². The third-order valence-electron chi connectivity index (χ3n) is 2.48. The van der Waals surface area contributed by atoms with Crippen LogP contribution in [0.3, 0.4) is 0 Å². The summed E-state index contributed by atoms with van der Waals surface area (Å²) in [5.74, 6) is -0.254. The summed E-state index contributed by atoms with van der Waals surface area (Å²) < 4.78 is 5.51. The molecule has 0 aliphatic rings. The second-order valence-electron chi connectivity index (χ2n) is 4.29. The highest BCUT2D eigenvalue weighted by Crippen LogP contribution is 2.17. The predicted molar refractivity (Wildman–Crippen MR) is 61.7 cm³/mol. The monoisotopic (exact) mass is 234 g/mol. The zero-order chi connectivity index (χ0) is 12.4. The van der Waals surface area contributed by atoms with Gasteiger partial charge in [0, 0.05) is 18.5 Å². The molecular formula is C12H14N2O3. The average Bonchev–Trinajstić information content (AvgIpc) is 2.57. The van der Waals surface area contributed by atoms with Crippen molar-refractivity contribution in [2.45, 2.75) is 26.7 Å². The van der Waals surface area contributed by atoms with Gasteiger partial charge < -0.3 is 9.52 Å². The second-order valence-corrected chi connectivity index (χ2v) is 4.29. The Morgan fingerprint density at radius 3 is 2.94 bits per heavy atom. The molecule has 0 saturated carbocycles. The number of aryl methyl sites for hydroxylation is 1. The highest BCUT2D eigenvalue weighted by molar-refractivity contribution is 5.68. The normalized spacial score (nSPS) is 12.8. The minimum atomic E-state index is -0.803. The maximum atomic E-state index is 10.6. The number of oxazole rings is 1. The molecule has 0 aliphatic carbocycles. The molecule has 0 aliphatic heterocycles. The molecule has 0 aromatic carbocycles. The van der Waals surface area contributed by atoms with E-state index in [9.17, 15) is 4.79 Å². The van der Waals surface area contributed by atoms with Gasteiger partial charge in [-0.2, -0.15) is 4.98 Å². The predicted octanol–water partition coefficient (Wildman–Crippen LogP) is 2.18. The summed E-state index contributed by atoms with van der Waals surface area (Å²) in [6.45, 7) is 3.75. The number of aromatic nitrogens is 2. The highest BCUT2D eigenvalue weighted by Gasteiger charge is 2.13. The van der Waals surface area contributed by atoms with Gasteiger partial charge in [0.15, 0.2) is 17.1 Å². The van der Waals surface area contributed by atoms with Crippen LogP contribution in [0.5, 0.6) is 0 Å². The molecule has 90 valence electrons. The standard InChI is InChI=1S/C12H14N2O3/c1-7(6-11(15)16)5-10-14-12-9(17-10)4-3-8(2)13-12/h3-4,7H,5-6H2,1-2H3,(H,15,16). The van der Waals surface area contributed by atoms with Crippen LogP contribution < -0.4 is 0 Å². The van der Waals surface area contributed by atoms with Gasteiger partial charge in [-0.25, -0.2) is 4.98 Å². The maximum Gasteiger partial charge on any atom is 0.303 e. The molecule has 0 bridgehead atoms. The summed E-state index contributed by atoms with van der Waals surface area (Å²) in [5.41, 5.74) is 2.12. The van der Waals surface area contributed by atoms with Gasteiger partial charge >= 0.3 is 5.97 Å². The summed E-state index contributed by atoms with van der Waals surface area (Å²) in [6.07, 6.45) is 0.632. The van der Waals surface area contributed by atoms with Crippen LogP contribution in [-0.4, -0.2) is 21.0 Å². The van der Waals surface area contributed by atoms with Crippen molar-refractivity contribution in [1.82, 2.24) is 9.97 Å². The summed E-state index contributed by atoms with van der Waals surface area (Å²) >= 11 is 0. The second kappa shape index (κ2) is 4.53. The van der Waals surface area contributed by atoms with Crippen LogP contribution in [0.2, 0.25) is 0 Å². The Balaban J connectivity index is 2.16. The molecule has 2 heterocycles. The van der Waals surface area contributed by atoms with E-state index >= 15 is 0 Å². The van der Waals surface area contributed by atoms with Crippen molar-refractivity contribution in [2.24, 2.45) is 5.92 Å². The zero-order valence-electron chi connectivity index (χ0n) is 9.80. The van der Waals surface area contributed by atoms with E-state index in [1.54, 1.807) is 0 Å². The van der Waals surface area contributed by atoms with Crippen LogP contribution in [0.15, 0.2) is 16.5 Å². The Bertz CT molecular complexity index is 548. The smallest absolute Gasteiger partial charge is 0.303 e. The van der Waals surface area contributed by atoms with Crippen LogP contribution in [0.25, 0.3) is 11.2 Å². The average molecular weight is 234 g/mol. The minimum Gasteiger partial charge on any atom is -0.481 e. The largest absolute Gasteiger partial charge is 0.481 e. The van der Waals surface area contributed by atoms with E-state index in [4.69, 9.17) is 9.52 Å². The zero-order valence-corrected chi connectivity index (χ0v) is 9.80. The first-order chi connectivity index (χ1) is 8.04. The van der Waals surface area contributed by atoms with Gasteiger partial charge in [0.25, 0.3) is 0 Å². The fourth-order valence-corrected chi connectivity index (χ4v) is 1.71. The van der Waals surface area contributed by atoms with E-state index in [2.05, 4.69) is 9.97 Å². The van der Waals surface area contributed by atoms with Gasteiger partial charge in [-0.3, -0.25) is 4.79 Å². The SMILES string of the molecule is Cc1ccc2oc(CC(C)CC(=O)O)nc2n1. The summed E-state index contributed by atoms with van der Waals surface area (Å²) in [4.78, 5) is 19.0. The summed E-state index contributed by atoms with van der Waals surface area (Å²) in [5, 5.41) is 8.67. The van der Waals surface area contributed by atoms with Crippen LogP contribution in [0, 0.1) is 12.8 Å². The van der Waals surface area contributed by atoms with Gasteiger partial charge in [-0.15, -0.1) is 0 Å². The molecule has 1 atom stereocenters. The molecule has 5 nitrogen and oxygen atoms in total. The first-order valence-electron chi connectivity index (χ1n) is 5.49. The molecule has 0 saturated heterocycles. The molecule has 0 amide bonds. The lowest BCUT2D eigenvalue weighted by molar-refractivity contribution is -0.137. The van der Waals surface area contributed by atoms with Crippen molar-refractivity contribution in [3.8, 4) is 0 Å². The number of aliphatic carboxylic acids is 1. The van der Waals surface area contributed by atoms with Crippen molar-refractivity contribution in [3.63, 3.8) is 0 Å². The number of rotatable bonds is 4. The number of fused-ring (bicyclic) bond motifs is 1. The molecule has 2 aromatic heterocycles. The fraction of sp³-hybridized carbons (Fsp3) is 0.417. The van der Waals surface area contributed by atoms with E-state index in [0.717, 1.165) is 5.69 Å². The Kier molecular flexibility index (Phi) is 3.08. The lowest BCUT2D eigenvalue weighted by Crippen LogP contribution is -2.07. The van der Waals surface area contributed by atoms with Gasteiger partial charge in [-0.05, 0) is 25.0 Å². The van der Waals surface area contributed by atoms with Crippen molar-refractivity contribution < 1.29 is 14.3 Å². The maximum absolute atomic E-state index is 10.6. The molecule has 1 unspecified atom stereocenters. The van der Waals surface area contributed by atoms with E-state index < -0.39 is 5.97 Å². The number of carbonyl (C=O) groups is 1. The Morgan fingerprint density at radius 2 is 2.24 bits per heavy atom. The summed E-state index contributed by atoms with van der Waals surface area (Å²) in [6, 6.07) is 3.69. The fourth-order valence-electron chi connectivity index (χ4n) is 1.71. The number of nitrogens with zero attached hydrogens (tertiary/aromatic N) is 2. The topological polar surface area (TPSA) is 76.2 Å². The quantitative estimate of drug-likeness (QED) is 0.877. The molecule has 5 heteroatoms. The highest BCUT2D eigenvalue weighted by atomic mass is 16.4. The minimum absolute atomic E-state index is 0.00154. The molecule has 0 fully saturated rings. The van der Waals surface area contributed by atoms with Crippen LogP contribution >= 0.6 is 0 Å². The number of hydrogen-bond acceptors (Lipinski definition) is 4. The van der Waals surface area contributed by atoms with Crippen molar-refractivity contribution in [3.05, 3.63) is 23.7 Å². The van der Waals surface area contributed by atoms with E-state index in [1.165, 1.54) is 0 Å². The summed E-state index contributed by atoms with van der Waals surface area (Å²) in [7, 11) is 0. The first kappa shape index (κ1) is 11.6. The van der Waals surface area contributed by atoms with Crippen LogP contribution in [0.1, 0.15) is 24.9 Å². The third kappa shape index (κ3) is 2.81. The molecule has 2 aromatic rings. The van der Waals surface area contributed by atoms with Gasteiger partial charge in [0.2, 0.25) is 0 Å².